The lowest BCUT2D eigenvalue weighted by Crippen LogP contribution is -2.11. The molecule has 0 aliphatic heterocycles. The fourth-order valence-electron chi connectivity index (χ4n) is 1.81. The van der Waals surface area contributed by atoms with E-state index in [4.69, 9.17) is 9.47 Å². The predicted molar refractivity (Wildman–Crippen MR) is 78.7 cm³/mol. The lowest BCUT2D eigenvalue weighted by atomic mass is 10.2. The highest BCUT2D eigenvalue weighted by Crippen LogP contribution is 2.22. The van der Waals surface area contributed by atoms with E-state index in [2.05, 4.69) is 5.32 Å². The molecule has 0 spiro atoms. The Kier molecular flexibility index (Phi) is 4.73. The minimum atomic E-state index is -0.733. The minimum Gasteiger partial charge on any atom is -0.496 e. The molecule has 0 aromatic heterocycles. The van der Waals surface area contributed by atoms with Crippen molar-refractivity contribution in [1.82, 2.24) is 0 Å². The first-order valence-corrected chi connectivity index (χ1v) is 6.43. The molecule has 6 heteroatoms. The molecule has 2 aromatic rings. The number of amides is 1. The number of anilines is 1. The average Bonchev–Trinajstić information content (AvgIpc) is 2.48. The van der Waals surface area contributed by atoms with Crippen molar-refractivity contribution < 1.29 is 23.5 Å². The van der Waals surface area contributed by atoms with Gasteiger partial charge in [0.05, 0.1) is 7.11 Å². The maximum Gasteiger partial charge on any atom is 0.347 e. The minimum absolute atomic E-state index is 0.00608. The molecule has 0 aliphatic rings. The van der Waals surface area contributed by atoms with Crippen molar-refractivity contribution in [2.45, 2.75) is 6.92 Å². The van der Waals surface area contributed by atoms with Crippen LogP contribution in [0.5, 0.6) is 11.5 Å². The van der Waals surface area contributed by atoms with E-state index in [-0.39, 0.29) is 23.0 Å². The molecule has 2 aromatic carbocycles. The van der Waals surface area contributed by atoms with Gasteiger partial charge in [-0.3, -0.25) is 4.79 Å². The standard InChI is InChI=1S/C16H14FNO4/c1-10(19)18-12-4-6-13(7-5-12)22-16(20)14-9-11(17)3-8-15(14)21-2/h3-9H,1-2H3,(H,18,19). The predicted octanol–water partition coefficient (Wildman–Crippen LogP) is 3.01. The van der Waals surface area contributed by atoms with E-state index in [0.717, 1.165) is 6.07 Å². The number of benzene rings is 2. The van der Waals surface area contributed by atoms with Crippen molar-refractivity contribution in [1.29, 1.82) is 0 Å². The number of hydrogen-bond acceptors (Lipinski definition) is 4. The zero-order valence-corrected chi connectivity index (χ0v) is 12.1. The van der Waals surface area contributed by atoms with E-state index in [1.54, 1.807) is 12.1 Å². The summed E-state index contributed by atoms with van der Waals surface area (Å²) in [5, 5.41) is 2.59. The number of methoxy groups -OCH3 is 1. The van der Waals surface area contributed by atoms with Gasteiger partial charge in [-0.15, -0.1) is 0 Å². The molecule has 0 heterocycles. The lowest BCUT2D eigenvalue weighted by Gasteiger charge is -2.09. The summed E-state index contributed by atoms with van der Waals surface area (Å²) < 4.78 is 23.4. The third-order valence-electron chi connectivity index (χ3n) is 2.77. The molecule has 2 rings (SSSR count). The van der Waals surface area contributed by atoms with E-state index in [0.29, 0.717) is 5.69 Å². The number of carbonyl (C=O) groups is 2. The molecule has 0 aliphatic carbocycles. The first kappa shape index (κ1) is 15.5. The number of carbonyl (C=O) groups excluding carboxylic acids is 2. The number of hydrogen-bond donors (Lipinski definition) is 1. The smallest absolute Gasteiger partial charge is 0.347 e. The Hall–Kier alpha value is -2.89. The van der Waals surface area contributed by atoms with Crippen molar-refractivity contribution in [3.05, 3.63) is 53.8 Å². The Labute approximate surface area is 126 Å². The third-order valence-corrected chi connectivity index (χ3v) is 2.77. The summed E-state index contributed by atoms with van der Waals surface area (Å²) in [5.41, 5.74) is 0.573. The van der Waals surface area contributed by atoms with E-state index in [1.807, 2.05) is 0 Å². The summed E-state index contributed by atoms with van der Waals surface area (Å²) in [6.45, 7) is 1.39. The quantitative estimate of drug-likeness (QED) is 0.696. The van der Waals surface area contributed by atoms with Crippen LogP contribution in [0.15, 0.2) is 42.5 Å². The summed E-state index contributed by atoms with van der Waals surface area (Å²) in [7, 11) is 1.38. The molecule has 0 saturated heterocycles. The average molecular weight is 303 g/mol. The zero-order chi connectivity index (χ0) is 16.1. The lowest BCUT2D eigenvalue weighted by molar-refractivity contribution is -0.114. The maximum atomic E-state index is 13.3. The SMILES string of the molecule is COc1ccc(F)cc1C(=O)Oc1ccc(NC(C)=O)cc1. The summed E-state index contributed by atoms with van der Waals surface area (Å²) in [5.74, 6) is -1.00. The highest BCUT2D eigenvalue weighted by Gasteiger charge is 2.15. The molecule has 5 nitrogen and oxygen atoms in total. The van der Waals surface area contributed by atoms with Crippen LogP contribution < -0.4 is 14.8 Å². The number of rotatable bonds is 4. The van der Waals surface area contributed by atoms with Crippen molar-refractivity contribution in [2.24, 2.45) is 0 Å². The van der Waals surface area contributed by atoms with Gasteiger partial charge in [0.15, 0.2) is 0 Å². The molecule has 1 N–H and O–H groups in total. The Morgan fingerprint density at radius 1 is 1.09 bits per heavy atom. The zero-order valence-electron chi connectivity index (χ0n) is 12.1. The first-order valence-electron chi connectivity index (χ1n) is 6.43. The van der Waals surface area contributed by atoms with Crippen LogP contribution in [0.25, 0.3) is 0 Å². The van der Waals surface area contributed by atoms with Gasteiger partial charge in [0, 0.05) is 12.6 Å². The van der Waals surface area contributed by atoms with Gasteiger partial charge in [-0.25, -0.2) is 9.18 Å². The summed E-state index contributed by atoms with van der Waals surface area (Å²) in [6, 6.07) is 9.82. The largest absolute Gasteiger partial charge is 0.496 e. The summed E-state index contributed by atoms with van der Waals surface area (Å²) in [6.07, 6.45) is 0. The van der Waals surface area contributed by atoms with Gasteiger partial charge >= 0.3 is 5.97 Å². The van der Waals surface area contributed by atoms with Crippen LogP contribution in [-0.4, -0.2) is 19.0 Å². The molecule has 0 atom stereocenters. The molecule has 0 unspecified atom stereocenters. The van der Waals surface area contributed by atoms with Gasteiger partial charge in [-0.2, -0.15) is 0 Å². The topological polar surface area (TPSA) is 64.6 Å². The van der Waals surface area contributed by atoms with Gasteiger partial charge in [0.25, 0.3) is 0 Å². The van der Waals surface area contributed by atoms with Crippen LogP contribution in [0.2, 0.25) is 0 Å². The Balaban J connectivity index is 2.15. The van der Waals surface area contributed by atoms with Crippen molar-refractivity contribution in [3.8, 4) is 11.5 Å². The number of nitrogens with one attached hydrogen (secondary N) is 1. The fourth-order valence-corrected chi connectivity index (χ4v) is 1.81. The molecule has 0 bridgehead atoms. The van der Waals surface area contributed by atoms with Crippen LogP contribution in [0.1, 0.15) is 17.3 Å². The van der Waals surface area contributed by atoms with Gasteiger partial charge in [-0.1, -0.05) is 0 Å². The van der Waals surface area contributed by atoms with Crippen molar-refractivity contribution in [2.75, 3.05) is 12.4 Å². The Bertz CT molecular complexity index is 698. The fraction of sp³-hybridized carbons (Fsp3) is 0.125. The first-order chi connectivity index (χ1) is 10.5. The second-order valence-corrected chi connectivity index (χ2v) is 4.44. The number of esters is 1. The van der Waals surface area contributed by atoms with E-state index < -0.39 is 11.8 Å². The van der Waals surface area contributed by atoms with Gasteiger partial charge in [0.1, 0.15) is 22.9 Å². The molecular weight excluding hydrogens is 289 g/mol. The molecule has 1 amide bonds. The van der Waals surface area contributed by atoms with Crippen molar-refractivity contribution >= 4 is 17.6 Å². The third kappa shape index (κ3) is 3.82. The Morgan fingerprint density at radius 2 is 1.77 bits per heavy atom. The summed E-state index contributed by atoms with van der Waals surface area (Å²) in [4.78, 5) is 23.0. The highest BCUT2D eigenvalue weighted by atomic mass is 19.1. The second-order valence-electron chi connectivity index (χ2n) is 4.44. The molecule has 114 valence electrons. The molecular formula is C16H14FNO4. The Morgan fingerprint density at radius 3 is 2.36 bits per heavy atom. The van der Waals surface area contributed by atoms with E-state index in [1.165, 1.54) is 38.3 Å². The molecule has 22 heavy (non-hydrogen) atoms. The highest BCUT2D eigenvalue weighted by molar-refractivity contribution is 5.94. The van der Waals surface area contributed by atoms with Gasteiger partial charge in [-0.05, 0) is 42.5 Å². The number of ether oxygens (including phenoxy) is 2. The normalized spacial score (nSPS) is 9.95. The van der Waals surface area contributed by atoms with Crippen LogP contribution in [0, 0.1) is 5.82 Å². The molecule has 0 fully saturated rings. The van der Waals surface area contributed by atoms with Crippen LogP contribution in [0.4, 0.5) is 10.1 Å². The summed E-state index contributed by atoms with van der Waals surface area (Å²) >= 11 is 0. The van der Waals surface area contributed by atoms with Gasteiger partial charge < -0.3 is 14.8 Å². The monoisotopic (exact) mass is 303 g/mol. The van der Waals surface area contributed by atoms with E-state index >= 15 is 0 Å². The maximum absolute atomic E-state index is 13.3. The molecule has 0 radical (unpaired) electrons. The number of halogens is 1. The van der Waals surface area contributed by atoms with Crippen LogP contribution >= 0.6 is 0 Å². The van der Waals surface area contributed by atoms with Crippen molar-refractivity contribution in [3.63, 3.8) is 0 Å². The molecule has 0 saturated carbocycles. The van der Waals surface area contributed by atoms with Crippen LogP contribution in [-0.2, 0) is 4.79 Å². The van der Waals surface area contributed by atoms with E-state index in [9.17, 15) is 14.0 Å². The second kappa shape index (κ2) is 6.71. The van der Waals surface area contributed by atoms with Gasteiger partial charge in [0.2, 0.25) is 5.91 Å². The van der Waals surface area contributed by atoms with Crippen LogP contribution in [0.3, 0.4) is 0 Å².